The van der Waals surface area contributed by atoms with Crippen molar-refractivity contribution in [2.24, 2.45) is 0 Å². The van der Waals surface area contributed by atoms with E-state index in [0.717, 1.165) is 64.7 Å². The number of allylic oxidation sites excluding steroid dienone is 4. The molecule has 2 fully saturated rings. The van der Waals surface area contributed by atoms with Gasteiger partial charge < -0.3 is 59.1 Å². The van der Waals surface area contributed by atoms with Gasteiger partial charge in [0.15, 0.2) is 12.6 Å². The molecule has 2 heterocycles. The fourth-order valence-electron chi connectivity index (χ4n) is 5.41. The number of carboxylic acids is 1. The second-order valence-corrected chi connectivity index (χ2v) is 12.5. The third-order valence-electron chi connectivity index (χ3n) is 8.22. The largest absolute Gasteiger partial charge is 0.481 e. The second kappa shape index (κ2) is 23.1. The SMILES string of the molecule is CC(=O)OC[C@H]1O[C@@H](O[C@H]2[C@H](OC(C)CCC/C=C\C/C=C\CCCCCCCC(=O)O)O[C@H](COC(C)=O)[C@@H](O)[C@@H]2O)[C@H](O)[C@@H](O)[C@@H]1O. The van der Waals surface area contributed by atoms with Crippen LogP contribution in [-0.2, 0) is 42.8 Å². The molecule has 0 amide bonds. The Kier molecular flexibility index (Phi) is 20.1. The van der Waals surface area contributed by atoms with E-state index in [2.05, 4.69) is 24.3 Å². The number of hydrogen-bond donors (Lipinski definition) is 6. The standard InChI is InChI=1S/C34H56O15/c1-21(17-15-13-11-9-7-5-4-6-8-10-12-14-16-18-26(37)38)46-34-32(30(42)28(40)25(48-34)20-45-23(3)36)49-33-31(43)29(41)27(39)24(47-33)19-44-22(2)35/h4-5,9,11,21,24-25,27-34,39-43H,6-8,10,12-20H2,1-3H3,(H,37,38)/b5-4-,11-9-/t21?,24-,25-,27-,28-,29+,30+,31-,32-,33+,34-/m1/s1. The smallest absolute Gasteiger partial charge is 0.303 e. The molecular weight excluding hydrogens is 648 g/mol. The average Bonchev–Trinajstić information content (AvgIpc) is 3.04. The molecule has 0 aromatic heterocycles. The lowest BCUT2D eigenvalue weighted by atomic mass is 9.97. The van der Waals surface area contributed by atoms with E-state index >= 15 is 0 Å². The Morgan fingerprint density at radius 1 is 0.673 bits per heavy atom. The molecule has 11 atom stereocenters. The lowest BCUT2D eigenvalue weighted by Crippen LogP contribution is -2.65. The highest BCUT2D eigenvalue weighted by molar-refractivity contribution is 5.66. The van der Waals surface area contributed by atoms with Crippen molar-refractivity contribution < 1.29 is 73.4 Å². The molecule has 1 unspecified atom stereocenters. The van der Waals surface area contributed by atoms with Crippen LogP contribution in [0.2, 0.25) is 0 Å². The minimum atomic E-state index is -1.78. The molecule has 6 N–H and O–H groups in total. The molecule has 49 heavy (non-hydrogen) atoms. The molecule has 15 heteroatoms. The first kappa shape index (κ1) is 42.7. The zero-order valence-electron chi connectivity index (χ0n) is 28.7. The first-order valence-electron chi connectivity index (χ1n) is 17.1. The fraction of sp³-hybridized carbons (Fsp3) is 0.794. The minimum absolute atomic E-state index is 0.237. The van der Waals surface area contributed by atoms with E-state index in [9.17, 15) is 39.9 Å². The molecule has 0 spiro atoms. The van der Waals surface area contributed by atoms with Crippen molar-refractivity contribution in [2.45, 2.75) is 159 Å². The summed E-state index contributed by atoms with van der Waals surface area (Å²) in [6.45, 7) is 3.30. The van der Waals surface area contributed by atoms with Gasteiger partial charge in [0.05, 0.1) is 6.10 Å². The lowest BCUT2D eigenvalue weighted by Gasteiger charge is -2.46. The number of aliphatic hydroxyl groups is 5. The molecule has 2 aliphatic heterocycles. The molecule has 2 rings (SSSR count). The van der Waals surface area contributed by atoms with Crippen LogP contribution in [0.4, 0.5) is 0 Å². The van der Waals surface area contributed by atoms with Gasteiger partial charge in [-0.05, 0) is 51.9 Å². The zero-order chi connectivity index (χ0) is 36.3. The van der Waals surface area contributed by atoms with E-state index in [4.69, 9.17) is 33.5 Å². The van der Waals surface area contributed by atoms with E-state index in [-0.39, 0.29) is 13.0 Å². The van der Waals surface area contributed by atoms with Crippen LogP contribution in [0.1, 0.15) is 91.4 Å². The predicted octanol–water partition coefficient (Wildman–Crippen LogP) is 1.65. The van der Waals surface area contributed by atoms with Crippen LogP contribution in [0.15, 0.2) is 24.3 Å². The Balaban J connectivity index is 1.89. The number of carbonyl (C=O) groups is 3. The number of aliphatic hydroxyl groups excluding tert-OH is 5. The van der Waals surface area contributed by atoms with Gasteiger partial charge in [0.1, 0.15) is 62.0 Å². The van der Waals surface area contributed by atoms with Crippen LogP contribution in [0.5, 0.6) is 0 Å². The summed E-state index contributed by atoms with van der Waals surface area (Å²) in [5.74, 6) is -2.02. The quantitative estimate of drug-likeness (QED) is 0.0535. The molecular formula is C34H56O15. The molecule has 282 valence electrons. The van der Waals surface area contributed by atoms with Crippen LogP contribution in [0.25, 0.3) is 0 Å². The van der Waals surface area contributed by atoms with Crippen LogP contribution < -0.4 is 0 Å². The number of rotatable bonds is 22. The molecule has 0 bridgehead atoms. The minimum Gasteiger partial charge on any atom is -0.481 e. The summed E-state index contributed by atoms with van der Waals surface area (Å²) in [5, 5.41) is 61.7. The summed E-state index contributed by atoms with van der Waals surface area (Å²) in [5.41, 5.74) is 0. The topological polar surface area (TPSA) is 228 Å². The molecule has 0 radical (unpaired) electrons. The Morgan fingerprint density at radius 2 is 1.20 bits per heavy atom. The Morgan fingerprint density at radius 3 is 1.80 bits per heavy atom. The van der Waals surface area contributed by atoms with Crippen molar-refractivity contribution in [2.75, 3.05) is 13.2 Å². The van der Waals surface area contributed by atoms with E-state index in [1.54, 1.807) is 6.92 Å². The maximum atomic E-state index is 11.4. The summed E-state index contributed by atoms with van der Waals surface area (Å²) >= 11 is 0. The summed E-state index contributed by atoms with van der Waals surface area (Å²) in [4.78, 5) is 33.2. The normalized spacial score (nSPS) is 31.2. The van der Waals surface area contributed by atoms with Crippen molar-refractivity contribution in [3.63, 3.8) is 0 Å². The van der Waals surface area contributed by atoms with Crippen LogP contribution >= 0.6 is 0 Å². The van der Waals surface area contributed by atoms with Crippen LogP contribution in [-0.4, -0.2) is 129 Å². The Hall–Kier alpha value is -2.47. The van der Waals surface area contributed by atoms with Crippen molar-refractivity contribution in [1.29, 1.82) is 0 Å². The van der Waals surface area contributed by atoms with Gasteiger partial charge in [0, 0.05) is 20.3 Å². The Labute approximate surface area is 287 Å². The number of unbranched alkanes of at least 4 members (excludes halogenated alkanes) is 6. The molecule has 0 aromatic rings. The molecule has 0 saturated carbocycles. The number of aliphatic carboxylic acids is 1. The third kappa shape index (κ3) is 16.0. The van der Waals surface area contributed by atoms with Crippen molar-refractivity contribution >= 4 is 17.9 Å². The number of esters is 2. The monoisotopic (exact) mass is 704 g/mol. The maximum Gasteiger partial charge on any atom is 0.303 e. The van der Waals surface area contributed by atoms with Crippen molar-refractivity contribution in [3.8, 4) is 0 Å². The number of hydrogen-bond acceptors (Lipinski definition) is 14. The average molecular weight is 705 g/mol. The first-order chi connectivity index (χ1) is 23.3. The molecule has 2 saturated heterocycles. The highest BCUT2D eigenvalue weighted by Gasteiger charge is 2.51. The van der Waals surface area contributed by atoms with E-state index in [0.29, 0.717) is 6.42 Å². The van der Waals surface area contributed by atoms with E-state index < -0.39 is 92.0 Å². The lowest BCUT2D eigenvalue weighted by molar-refractivity contribution is -0.371. The van der Waals surface area contributed by atoms with Crippen LogP contribution in [0, 0.1) is 0 Å². The highest BCUT2D eigenvalue weighted by atomic mass is 16.8. The summed E-state index contributed by atoms with van der Waals surface area (Å²) in [6.07, 6.45) is 1.79. The van der Waals surface area contributed by atoms with E-state index in [1.165, 1.54) is 6.92 Å². The van der Waals surface area contributed by atoms with Crippen LogP contribution in [0.3, 0.4) is 0 Å². The van der Waals surface area contributed by atoms with Gasteiger partial charge in [-0.1, -0.05) is 43.6 Å². The third-order valence-corrected chi connectivity index (χ3v) is 8.22. The number of carboxylic acid groups (broad SMARTS) is 1. The molecule has 0 aromatic carbocycles. The van der Waals surface area contributed by atoms with E-state index in [1.807, 2.05) is 0 Å². The van der Waals surface area contributed by atoms with Gasteiger partial charge >= 0.3 is 17.9 Å². The second-order valence-electron chi connectivity index (χ2n) is 12.5. The number of carbonyl (C=O) groups excluding carboxylic acids is 2. The number of ether oxygens (including phenoxy) is 6. The Bertz CT molecular complexity index is 1040. The summed E-state index contributed by atoms with van der Waals surface area (Å²) < 4.78 is 33.2. The van der Waals surface area contributed by atoms with Gasteiger partial charge in [-0.25, -0.2) is 0 Å². The van der Waals surface area contributed by atoms with Gasteiger partial charge in [0.25, 0.3) is 0 Å². The highest BCUT2D eigenvalue weighted by Crippen LogP contribution is 2.31. The summed E-state index contributed by atoms with van der Waals surface area (Å²) in [7, 11) is 0. The van der Waals surface area contributed by atoms with Gasteiger partial charge in [-0.2, -0.15) is 0 Å². The van der Waals surface area contributed by atoms with Crippen molar-refractivity contribution in [3.05, 3.63) is 24.3 Å². The predicted molar refractivity (Wildman–Crippen MR) is 173 cm³/mol. The van der Waals surface area contributed by atoms with Crippen molar-refractivity contribution in [1.82, 2.24) is 0 Å². The molecule has 2 aliphatic rings. The first-order valence-corrected chi connectivity index (χ1v) is 17.1. The summed E-state index contributed by atoms with van der Waals surface area (Å²) in [6, 6.07) is 0. The van der Waals surface area contributed by atoms with Gasteiger partial charge in [-0.15, -0.1) is 0 Å². The van der Waals surface area contributed by atoms with Gasteiger partial charge in [-0.3, -0.25) is 14.4 Å². The molecule has 0 aliphatic carbocycles. The zero-order valence-corrected chi connectivity index (χ0v) is 28.7. The van der Waals surface area contributed by atoms with Gasteiger partial charge in [0.2, 0.25) is 0 Å². The molecule has 15 nitrogen and oxygen atoms in total. The fourth-order valence-corrected chi connectivity index (χ4v) is 5.41. The maximum absolute atomic E-state index is 11.4.